The van der Waals surface area contributed by atoms with E-state index in [9.17, 15) is 5.26 Å². The van der Waals surface area contributed by atoms with Crippen molar-refractivity contribution in [3.8, 4) is 73.9 Å². The summed E-state index contributed by atoms with van der Waals surface area (Å²) in [5.41, 5.74) is 15.7. The van der Waals surface area contributed by atoms with E-state index in [0.29, 0.717) is 28.6 Å². The molecule has 310 valence electrons. The molecule has 0 bridgehead atoms. The van der Waals surface area contributed by atoms with Crippen LogP contribution in [0.4, 0.5) is 0 Å². The second kappa shape index (κ2) is 15.7. The predicted octanol–water partition coefficient (Wildman–Crippen LogP) is 14.9. The Kier molecular flexibility index (Phi) is 9.22. The van der Waals surface area contributed by atoms with Crippen LogP contribution in [0, 0.1) is 25.2 Å². The first kappa shape index (κ1) is 38.7. The molecule has 12 rings (SSSR count). The van der Waals surface area contributed by atoms with Crippen LogP contribution in [0.1, 0.15) is 16.7 Å². The minimum atomic E-state index is 0.416. The summed E-state index contributed by atoms with van der Waals surface area (Å²) in [5.74, 6) is 1.47. The lowest BCUT2D eigenvalue weighted by Crippen LogP contribution is -2.07. The lowest BCUT2D eigenvalue weighted by atomic mass is 10.0. The third-order valence-electron chi connectivity index (χ3n) is 12.7. The SMILES string of the molecule is Cc1cccc(-c2ccc3c(c2)c2ccccc2n3-c2cc(C#N)c(-c3nc(-c4ccccc4)nc(-c4ccccc4)n3)cc2-n2c3ccccc3c3cc(-c4cccc(C)c4)ccc32)c1. The fourth-order valence-electron chi connectivity index (χ4n) is 9.61. The van der Waals surface area contributed by atoms with Gasteiger partial charge in [0.2, 0.25) is 0 Å². The topological polar surface area (TPSA) is 72.3 Å². The Hall–Kier alpha value is -8.92. The largest absolute Gasteiger partial charge is 0.307 e. The van der Waals surface area contributed by atoms with Crippen molar-refractivity contribution >= 4 is 43.6 Å². The molecule has 0 N–H and O–H groups in total. The molecule has 66 heavy (non-hydrogen) atoms. The van der Waals surface area contributed by atoms with Crippen LogP contribution >= 0.6 is 0 Å². The predicted molar refractivity (Wildman–Crippen MR) is 270 cm³/mol. The lowest BCUT2D eigenvalue weighted by molar-refractivity contribution is 1.06. The highest BCUT2D eigenvalue weighted by Gasteiger charge is 2.24. The first-order valence-electron chi connectivity index (χ1n) is 22.2. The van der Waals surface area contributed by atoms with E-state index < -0.39 is 0 Å². The van der Waals surface area contributed by atoms with Crippen LogP contribution in [-0.2, 0) is 0 Å². The molecule has 0 radical (unpaired) electrons. The highest BCUT2D eigenvalue weighted by Crippen LogP contribution is 2.42. The molecule has 6 nitrogen and oxygen atoms in total. The van der Waals surface area contributed by atoms with E-state index in [-0.39, 0.29) is 0 Å². The molecule has 0 spiro atoms. The molecule has 0 amide bonds. The van der Waals surface area contributed by atoms with Crippen molar-refractivity contribution in [2.75, 3.05) is 0 Å². The quantitative estimate of drug-likeness (QED) is 0.160. The zero-order valence-electron chi connectivity index (χ0n) is 36.3. The smallest absolute Gasteiger partial charge is 0.165 e. The van der Waals surface area contributed by atoms with E-state index in [0.717, 1.165) is 77.2 Å². The van der Waals surface area contributed by atoms with Gasteiger partial charge in [0.25, 0.3) is 0 Å². The van der Waals surface area contributed by atoms with Gasteiger partial charge in [-0.3, -0.25) is 0 Å². The summed E-state index contributed by atoms with van der Waals surface area (Å²) in [6.45, 7) is 4.26. The van der Waals surface area contributed by atoms with Gasteiger partial charge in [0.1, 0.15) is 0 Å². The molecular weight excluding hydrogens is 805 g/mol. The second-order valence-electron chi connectivity index (χ2n) is 16.9. The molecule has 3 heterocycles. The van der Waals surface area contributed by atoms with Gasteiger partial charge in [0.15, 0.2) is 17.5 Å². The second-order valence-corrected chi connectivity index (χ2v) is 16.9. The number of para-hydroxylation sites is 2. The van der Waals surface area contributed by atoms with Gasteiger partial charge in [-0.05, 0) is 84.6 Å². The Balaban J connectivity index is 1.19. The molecule has 0 saturated carbocycles. The number of hydrogen-bond donors (Lipinski definition) is 0. The number of fused-ring (bicyclic) bond motifs is 6. The summed E-state index contributed by atoms with van der Waals surface area (Å²) < 4.78 is 4.67. The lowest BCUT2D eigenvalue weighted by Gasteiger charge is -2.19. The van der Waals surface area contributed by atoms with Crippen LogP contribution in [-0.4, -0.2) is 24.1 Å². The number of aromatic nitrogens is 5. The monoisotopic (exact) mass is 844 g/mol. The van der Waals surface area contributed by atoms with Gasteiger partial charge < -0.3 is 9.13 Å². The maximum absolute atomic E-state index is 11.3. The molecule has 0 aliphatic carbocycles. The highest BCUT2D eigenvalue weighted by atomic mass is 15.1. The molecule has 0 unspecified atom stereocenters. The number of aryl methyl sites for hydroxylation is 2. The maximum Gasteiger partial charge on any atom is 0.165 e. The summed E-state index contributed by atoms with van der Waals surface area (Å²) >= 11 is 0. The molecule has 6 heteroatoms. The first-order valence-corrected chi connectivity index (χ1v) is 22.2. The average Bonchev–Trinajstić information content (AvgIpc) is 3.88. The molecule has 0 atom stereocenters. The van der Waals surface area contributed by atoms with Crippen LogP contribution in [0.25, 0.3) is 111 Å². The molecule has 0 aliphatic rings. The molecule has 0 fully saturated rings. The highest BCUT2D eigenvalue weighted by molar-refractivity contribution is 6.13. The fourth-order valence-corrected chi connectivity index (χ4v) is 9.61. The van der Waals surface area contributed by atoms with E-state index in [1.807, 2.05) is 66.7 Å². The van der Waals surface area contributed by atoms with E-state index in [1.165, 1.54) is 22.3 Å². The van der Waals surface area contributed by atoms with E-state index in [2.05, 4.69) is 169 Å². The zero-order chi connectivity index (χ0) is 44.3. The average molecular weight is 845 g/mol. The third-order valence-corrected chi connectivity index (χ3v) is 12.7. The van der Waals surface area contributed by atoms with Gasteiger partial charge >= 0.3 is 0 Å². The molecule has 0 aliphatic heterocycles. The molecule has 12 aromatic rings. The van der Waals surface area contributed by atoms with Gasteiger partial charge in [0.05, 0.1) is 45.1 Å². The van der Waals surface area contributed by atoms with Crippen molar-refractivity contribution < 1.29 is 0 Å². The summed E-state index contributed by atoms with van der Waals surface area (Å²) in [4.78, 5) is 15.3. The van der Waals surface area contributed by atoms with Crippen molar-refractivity contribution in [3.05, 3.63) is 223 Å². The van der Waals surface area contributed by atoms with Crippen molar-refractivity contribution in [2.24, 2.45) is 0 Å². The number of nitriles is 1. The third kappa shape index (κ3) is 6.53. The van der Waals surface area contributed by atoms with Crippen molar-refractivity contribution in [2.45, 2.75) is 13.8 Å². The van der Waals surface area contributed by atoms with Crippen LogP contribution in [0.15, 0.2) is 206 Å². The Morgan fingerprint density at radius 3 is 1.24 bits per heavy atom. The van der Waals surface area contributed by atoms with Crippen LogP contribution < -0.4 is 0 Å². The standard InChI is InChI=1S/C60H40N6/c1-38-15-13-21-42(31-38)44-27-29-54-50(33-44)47-23-9-11-25-52(47)65(54)56-35-46(37-61)49(60-63-58(40-17-5-3-6-18-40)62-59(64-60)41-19-7-4-8-20-41)36-57(56)66-53-26-12-10-24-48(53)51-34-45(28-30-55(51)66)43-22-14-16-39(2)32-43/h3-36H,1-2H3. The maximum atomic E-state index is 11.3. The van der Waals surface area contributed by atoms with Crippen LogP contribution in [0.2, 0.25) is 0 Å². The van der Waals surface area contributed by atoms with Gasteiger partial charge in [-0.1, -0.05) is 169 Å². The molecule has 9 aromatic carbocycles. The zero-order valence-corrected chi connectivity index (χ0v) is 36.3. The minimum Gasteiger partial charge on any atom is -0.307 e. The van der Waals surface area contributed by atoms with Gasteiger partial charge in [-0.25, -0.2) is 15.0 Å². The van der Waals surface area contributed by atoms with Crippen molar-refractivity contribution in [3.63, 3.8) is 0 Å². The normalized spacial score (nSPS) is 11.5. The summed E-state index contributed by atoms with van der Waals surface area (Å²) in [7, 11) is 0. The Morgan fingerprint density at radius 1 is 0.348 bits per heavy atom. The van der Waals surface area contributed by atoms with Crippen LogP contribution in [0.3, 0.4) is 0 Å². The number of rotatable bonds is 7. The number of hydrogen-bond acceptors (Lipinski definition) is 4. The molecular formula is C60H40N6. The van der Waals surface area contributed by atoms with Gasteiger partial charge in [0, 0.05) is 38.2 Å². The van der Waals surface area contributed by atoms with Gasteiger partial charge in [-0.15, -0.1) is 0 Å². The summed E-state index contributed by atoms with van der Waals surface area (Å²) in [5, 5.41) is 15.8. The van der Waals surface area contributed by atoms with Gasteiger partial charge in [-0.2, -0.15) is 5.26 Å². The van der Waals surface area contributed by atoms with E-state index in [1.54, 1.807) is 0 Å². The Bertz CT molecular complexity index is 3850. The van der Waals surface area contributed by atoms with Crippen molar-refractivity contribution in [1.29, 1.82) is 5.26 Å². The number of benzene rings is 9. The van der Waals surface area contributed by atoms with E-state index in [4.69, 9.17) is 15.0 Å². The van der Waals surface area contributed by atoms with E-state index >= 15 is 0 Å². The minimum absolute atomic E-state index is 0.416. The Morgan fingerprint density at radius 2 is 0.758 bits per heavy atom. The summed E-state index contributed by atoms with van der Waals surface area (Å²) in [6, 6.07) is 74.6. The first-order chi connectivity index (χ1) is 32.5. The van der Waals surface area contributed by atoms with Crippen molar-refractivity contribution in [1.82, 2.24) is 24.1 Å². The van der Waals surface area contributed by atoms with Crippen LogP contribution in [0.5, 0.6) is 0 Å². The molecule has 3 aromatic heterocycles. The Labute approximate surface area is 382 Å². The number of nitrogens with zero attached hydrogens (tertiary/aromatic N) is 6. The summed E-state index contributed by atoms with van der Waals surface area (Å²) in [6.07, 6.45) is 0. The fraction of sp³-hybridized carbons (Fsp3) is 0.0333. The molecule has 0 saturated heterocycles.